The Labute approximate surface area is 225 Å². The highest BCUT2D eigenvalue weighted by molar-refractivity contribution is 7.91. The van der Waals surface area contributed by atoms with E-state index in [1.165, 1.54) is 6.07 Å². The maximum absolute atomic E-state index is 12.8. The molecule has 0 aliphatic carbocycles. The van der Waals surface area contributed by atoms with Crippen LogP contribution in [0.15, 0.2) is 89.1 Å². The van der Waals surface area contributed by atoms with Crippen molar-refractivity contribution in [3.05, 3.63) is 90.5 Å². The third kappa shape index (κ3) is 7.25. The molecule has 198 valence electrons. The summed E-state index contributed by atoms with van der Waals surface area (Å²) < 4.78 is 39.3. The number of phenolic OH excluding ortho intramolecular Hbond substituents is 1. The number of benzene rings is 3. The molecule has 0 radical (unpaired) electrons. The van der Waals surface area contributed by atoms with Gasteiger partial charge in [-0.25, -0.2) is 17.9 Å². The highest BCUT2D eigenvalue weighted by Gasteiger charge is 2.18. The van der Waals surface area contributed by atoms with Gasteiger partial charge >= 0.3 is 6.03 Å². The fraction of sp³-hybridized carbons (Fsp3) is 0.148. The van der Waals surface area contributed by atoms with E-state index >= 15 is 0 Å². The van der Waals surface area contributed by atoms with Crippen molar-refractivity contribution in [1.82, 2.24) is 10.0 Å². The number of amides is 2. The van der Waals surface area contributed by atoms with Crippen LogP contribution in [0.25, 0.3) is 10.4 Å². The monoisotopic (exact) mass is 553 g/mol. The number of hydrogen-bond acceptors (Lipinski definition) is 7. The van der Waals surface area contributed by atoms with Crippen molar-refractivity contribution < 1.29 is 27.8 Å². The van der Waals surface area contributed by atoms with E-state index in [9.17, 15) is 18.3 Å². The molecular weight excluding hydrogens is 526 g/mol. The number of carbonyl (C=O) groups excluding carboxylic acids is 1. The molecule has 4 rings (SSSR count). The van der Waals surface area contributed by atoms with E-state index in [2.05, 4.69) is 15.4 Å². The summed E-state index contributed by atoms with van der Waals surface area (Å²) in [5.74, 6) is 1.43. The number of rotatable bonds is 11. The Morgan fingerprint density at radius 2 is 1.74 bits per heavy atom. The van der Waals surface area contributed by atoms with Crippen LogP contribution in [0.3, 0.4) is 0 Å². The average Bonchev–Trinajstić information content (AvgIpc) is 3.42. The second kappa shape index (κ2) is 12.5. The molecule has 1 heterocycles. The van der Waals surface area contributed by atoms with Crippen molar-refractivity contribution in [2.24, 2.45) is 0 Å². The lowest BCUT2D eigenvalue weighted by Gasteiger charge is -2.11. The number of phenols is 1. The minimum Gasteiger partial charge on any atom is -0.508 e. The lowest BCUT2D eigenvalue weighted by atomic mass is 10.1. The van der Waals surface area contributed by atoms with Gasteiger partial charge < -0.3 is 25.2 Å². The first-order chi connectivity index (χ1) is 18.3. The number of hydrogen-bond donors (Lipinski definition) is 4. The first-order valence-corrected chi connectivity index (χ1v) is 13.9. The Kier molecular flexibility index (Phi) is 8.85. The summed E-state index contributed by atoms with van der Waals surface area (Å²) in [6, 6.07) is 23.8. The standard InChI is InChI=1S/C27H27N3O6S2/c1-35-22-11-9-20(10-12-22)30-27(32)28-15-16-29-38(33,34)26-14-13-25(37-26)23-7-2-3-8-24(23)36-18-19-5-4-6-21(31)17-19/h2-14,17,29,31H,15-16,18H2,1H3,(H2,28,30,32). The summed E-state index contributed by atoms with van der Waals surface area (Å²) in [5, 5.41) is 14.9. The summed E-state index contributed by atoms with van der Waals surface area (Å²) in [6.07, 6.45) is 0. The van der Waals surface area contributed by atoms with Crippen LogP contribution in [0.5, 0.6) is 17.2 Å². The topological polar surface area (TPSA) is 126 Å². The zero-order valence-electron chi connectivity index (χ0n) is 20.5. The van der Waals surface area contributed by atoms with Crippen LogP contribution in [0.4, 0.5) is 10.5 Å². The third-order valence-electron chi connectivity index (χ3n) is 5.35. The summed E-state index contributed by atoms with van der Waals surface area (Å²) in [4.78, 5) is 12.8. The van der Waals surface area contributed by atoms with E-state index in [1.807, 2.05) is 30.3 Å². The van der Waals surface area contributed by atoms with Crippen LogP contribution >= 0.6 is 11.3 Å². The number of sulfonamides is 1. The van der Waals surface area contributed by atoms with Gasteiger partial charge in [0, 0.05) is 29.2 Å². The quantitative estimate of drug-likeness (QED) is 0.198. The maximum Gasteiger partial charge on any atom is 0.319 e. The van der Waals surface area contributed by atoms with Crippen molar-refractivity contribution in [2.75, 3.05) is 25.5 Å². The molecule has 0 fully saturated rings. The van der Waals surface area contributed by atoms with E-state index < -0.39 is 16.1 Å². The van der Waals surface area contributed by atoms with Gasteiger partial charge in [0.05, 0.1) is 7.11 Å². The minimum atomic E-state index is -3.77. The Morgan fingerprint density at radius 3 is 2.50 bits per heavy atom. The Bertz CT molecular complexity index is 1490. The van der Waals surface area contributed by atoms with Gasteiger partial charge in [0.1, 0.15) is 28.1 Å². The highest BCUT2D eigenvalue weighted by atomic mass is 32.2. The molecule has 0 saturated heterocycles. The molecule has 2 amide bonds. The molecule has 1 aromatic heterocycles. The summed E-state index contributed by atoms with van der Waals surface area (Å²) in [7, 11) is -2.21. The molecule has 3 aromatic carbocycles. The van der Waals surface area contributed by atoms with E-state index in [0.717, 1.165) is 27.3 Å². The SMILES string of the molecule is COc1ccc(NC(=O)NCCNS(=O)(=O)c2ccc(-c3ccccc3OCc3cccc(O)c3)s2)cc1. The number of para-hydroxylation sites is 1. The van der Waals surface area contributed by atoms with Crippen LogP contribution in [-0.2, 0) is 16.6 Å². The molecule has 0 unspecified atom stereocenters. The number of urea groups is 1. The number of anilines is 1. The van der Waals surface area contributed by atoms with Crippen molar-refractivity contribution in [1.29, 1.82) is 0 Å². The summed E-state index contributed by atoms with van der Waals surface area (Å²) >= 11 is 1.12. The number of aromatic hydroxyl groups is 1. The predicted octanol–water partition coefficient (Wildman–Crippen LogP) is 4.81. The van der Waals surface area contributed by atoms with Crippen molar-refractivity contribution in [2.45, 2.75) is 10.8 Å². The number of nitrogens with one attached hydrogen (secondary N) is 3. The molecule has 0 saturated carbocycles. The lowest BCUT2D eigenvalue weighted by Crippen LogP contribution is -2.36. The molecule has 0 atom stereocenters. The molecule has 4 N–H and O–H groups in total. The molecule has 11 heteroatoms. The number of methoxy groups -OCH3 is 1. The minimum absolute atomic E-state index is 0.0230. The summed E-state index contributed by atoms with van der Waals surface area (Å²) in [6.45, 7) is 0.378. The van der Waals surface area contributed by atoms with Crippen molar-refractivity contribution >= 4 is 33.1 Å². The molecule has 9 nitrogen and oxygen atoms in total. The first-order valence-electron chi connectivity index (χ1n) is 11.6. The molecule has 0 bridgehead atoms. The van der Waals surface area contributed by atoms with E-state index in [4.69, 9.17) is 9.47 Å². The number of thiophene rings is 1. The van der Waals surface area contributed by atoms with Crippen LogP contribution in [-0.4, -0.2) is 39.8 Å². The number of carbonyl (C=O) groups is 1. The van der Waals surface area contributed by atoms with Gasteiger partial charge in [-0.2, -0.15) is 0 Å². The Balaban J connectivity index is 1.31. The second-order valence-corrected chi connectivity index (χ2v) is 11.2. The van der Waals surface area contributed by atoms with Crippen LogP contribution < -0.4 is 24.8 Å². The molecule has 38 heavy (non-hydrogen) atoms. The Hall–Kier alpha value is -4.06. The highest BCUT2D eigenvalue weighted by Crippen LogP contribution is 2.36. The molecule has 0 spiro atoms. The fourth-order valence-corrected chi connectivity index (χ4v) is 5.91. The third-order valence-corrected chi connectivity index (χ3v) is 8.43. The van der Waals surface area contributed by atoms with Gasteiger partial charge in [-0.1, -0.05) is 24.3 Å². The van der Waals surface area contributed by atoms with Crippen molar-refractivity contribution in [3.8, 4) is 27.7 Å². The predicted molar refractivity (Wildman–Crippen MR) is 147 cm³/mol. The van der Waals surface area contributed by atoms with Crippen LogP contribution in [0.2, 0.25) is 0 Å². The Morgan fingerprint density at radius 1 is 0.947 bits per heavy atom. The van der Waals surface area contributed by atoms with Gasteiger partial charge in [-0.15, -0.1) is 11.3 Å². The van der Waals surface area contributed by atoms with Gasteiger partial charge in [0.2, 0.25) is 10.0 Å². The number of ether oxygens (including phenoxy) is 2. The van der Waals surface area contributed by atoms with E-state index in [0.29, 0.717) is 17.2 Å². The van der Waals surface area contributed by atoms with E-state index in [1.54, 1.807) is 55.6 Å². The molecular formula is C27H27N3O6S2. The second-order valence-electron chi connectivity index (χ2n) is 8.08. The van der Waals surface area contributed by atoms with Gasteiger partial charge in [0.15, 0.2) is 0 Å². The van der Waals surface area contributed by atoms with Gasteiger partial charge in [-0.3, -0.25) is 0 Å². The maximum atomic E-state index is 12.8. The van der Waals surface area contributed by atoms with Gasteiger partial charge in [0.25, 0.3) is 0 Å². The average molecular weight is 554 g/mol. The van der Waals surface area contributed by atoms with Crippen LogP contribution in [0, 0.1) is 0 Å². The smallest absolute Gasteiger partial charge is 0.319 e. The molecule has 0 aliphatic heterocycles. The van der Waals surface area contributed by atoms with Crippen molar-refractivity contribution in [3.63, 3.8) is 0 Å². The molecule has 0 aliphatic rings. The summed E-state index contributed by atoms with van der Waals surface area (Å²) in [5.41, 5.74) is 2.15. The largest absolute Gasteiger partial charge is 0.508 e. The normalized spacial score (nSPS) is 11.1. The van der Waals surface area contributed by atoms with E-state index in [-0.39, 0.29) is 29.7 Å². The lowest BCUT2D eigenvalue weighted by molar-refractivity contribution is 0.252. The zero-order chi connectivity index (χ0) is 27.0. The molecule has 4 aromatic rings. The first kappa shape index (κ1) is 27.0. The van der Waals surface area contributed by atoms with Gasteiger partial charge in [-0.05, 0) is 66.2 Å². The fourth-order valence-electron chi connectivity index (χ4n) is 3.49. The van der Waals surface area contributed by atoms with Crippen LogP contribution in [0.1, 0.15) is 5.56 Å². The zero-order valence-corrected chi connectivity index (χ0v) is 22.1.